The van der Waals surface area contributed by atoms with Gasteiger partial charge in [-0.25, -0.2) is 0 Å². The predicted octanol–water partition coefficient (Wildman–Crippen LogP) is 1.23. The molecule has 1 atom stereocenters. The minimum absolute atomic E-state index is 0.139. The molecule has 0 aliphatic carbocycles. The summed E-state index contributed by atoms with van der Waals surface area (Å²) in [5.74, 6) is 0. The Labute approximate surface area is 90.1 Å². The summed E-state index contributed by atoms with van der Waals surface area (Å²) >= 11 is 0. The second-order valence-electron chi connectivity index (χ2n) is 4.84. The molecule has 0 aromatic carbocycles. The van der Waals surface area contributed by atoms with Crippen LogP contribution in [0.4, 0.5) is 0 Å². The quantitative estimate of drug-likeness (QED) is 0.678. The number of nitrogens with zero attached hydrogens (tertiary/aromatic N) is 2. The minimum atomic E-state index is 0.139. The fourth-order valence-corrected chi connectivity index (χ4v) is 2.26. The van der Waals surface area contributed by atoms with Crippen LogP contribution in [0.3, 0.4) is 0 Å². The normalized spacial score (nSPS) is 29.9. The molecule has 3 nitrogen and oxygen atoms in total. The SMILES string of the molecule is C[C@]1(CN2CCc3ccncc3C2)CO1. The van der Waals surface area contributed by atoms with Crippen LogP contribution >= 0.6 is 0 Å². The van der Waals surface area contributed by atoms with E-state index in [0.717, 1.165) is 32.7 Å². The smallest absolute Gasteiger partial charge is 0.101 e. The lowest BCUT2D eigenvalue weighted by atomic mass is 10.0. The Morgan fingerprint density at radius 2 is 2.40 bits per heavy atom. The van der Waals surface area contributed by atoms with Crippen molar-refractivity contribution in [1.82, 2.24) is 9.88 Å². The molecular weight excluding hydrogens is 188 g/mol. The molecule has 0 amide bonds. The van der Waals surface area contributed by atoms with E-state index in [-0.39, 0.29) is 5.60 Å². The zero-order valence-corrected chi connectivity index (χ0v) is 9.07. The van der Waals surface area contributed by atoms with Gasteiger partial charge < -0.3 is 4.74 Å². The van der Waals surface area contributed by atoms with E-state index in [1.807, 2.05) is 12.4 Å². The fraction of sp³-hybridized carbons (Fsp3) is 0.583. The lowest BCUT2D eigenvalue weighted by Gasteiger charge is -2.29. The topological polar surface area (TPSA) is 28.7 Å². The molecule has 1 aromatic rings. The van der Waals surface area contributed by atoms with Crippen molar-refractivity contribution in [3.63, 3.8) is 0 Å². The van der Waals surface area contributed by atoms with Crippen LogP contribution in [0, 0.1) is 0 Å². The van der Waals surface area contributed by atoms with Gasteiger partial charge in [0.05, 0.1) is 6.61 Å². The van der Waals surface area contributed by atoms with Gasteiger partial charge in [0.2, 0.25) is 0 Å². The summed E-state index contributed by atoms with van der Waals surface area (Å²) in [6.45, 7) is 6.34. The third-order valence-electron chi connectivity index (χ3n) is 3.29. The van der Waals surface area contributed by atoms with Crippen LogP contribution in [-0.2, 0) is 17.7 Å². The van der Waals surface area contributed by atoms with Crippen molar-refractivity contribution in [3.8, 4) is 0 Å². The van der Waals surface area contributed by atoms with Gasteiger partial charge in [-0.05, 0) is 30.5 Å². The monoisotopic (exact) mass is 204 g/mol. The first-order valence-electron chi connectivity index (χ1n) is 5.53. The molecule has 1 aromatic heterocycles. The molecule has 3 heteroatoms. The van der Waals surface area contributed by atoms with Gasteiger partial charge in [-0.2, -0.15) is 0 Å². The molecule has 0 unspecified atom stereocenters. The van der Waals surface area contributed by atoms with Gasteiger partial charge in [-0.15, -0.1) is 0 Å². The summed E-state index contributed by atoms with van der Waals surface area (Å²) in [6.07, 6.45) is 5.03. The molecule has 3 rings (SSSR count). The van der Waals surface area contributed by atoms with E-state index in [9.17, 15) is 0 Å². The van der Waals surface area contributed by atoms with Gasteiger partial charge in [0.15, 0.2) is 0 Å². The van der Waals surface area contributed by atoms with E-state index in [1.54, 1.807) is 0 Å². The van der Waals surface area contributed by atoms with Crippen LogP contribution in [0.5, 0.6) is 0 Å². The van der Waals surface area contributed by atoms with Gasteiger partial charge in [0.1, 0.15) is 5.60 Å². The fourth-order valence-electron chi connectivity index (χ4n) is 2.26. The van der Waals surface area contributed by atoms with Gasteiger partial charge in [0, 0.05) is 32.0 Å². The molecule has 15 heavy (non-hydrogen) atoms. The van der Waals surface area contributed by atoms with Gasteiger partial charge in [-0.1, -0.05) is 0 Å². The molecule has 2 aliphatic rings. The van der Waals surface area contributed by atoms with Gasteiger partial charge in [0.25, 0.3) is 0 Å². The average Bonchev–Trinajstić information content (AvgIpc) is 2.96. The number of aromatic nitrogens is 1. The maximum absolute atomic E-state index is 5.43. The lowest BCUT2D eigenvalue weighted by Crippen LogP contribution is -2.37. The highest BCUT2D eigenvalue weighted by Crippen LogP contribution is 2.29. The largest absolute Gasteiger partial charge is 0.369 e. The second-order valence-corrected chi connectivity index (χ2v) is 4.84. The molecular formula is C12H16N2O. The molecule has 0 N–H and O–H groups in total. The first kappa shape index (κ1) is 9.31. The molecule has 0 bridgehead atoms. The third kappa shape index (κ3) is 1.90. The molecule has 0 radical (unpaired) electrons. The average molecular weight is 204 g/mol. The zero-order valence-electron chi connectivity index (χ0n) is 9.07. The van der Waals surface area contributed by atoms with E-state index in [0.29, 0.717) is 0 Å². The number of epoxide rings is 1. The highest BCUT2D eigenvalue weighted by molar-refractivity contribution is 5.25. The van der Waals surface area contributed by atoms with Crippen LogP contribution < -0.4 is 0 Å². The van der Waals surface area contributed by atoms with Crippen molar-refractivity contribution in [2.24, 2.45) is 0 Å². The maximum Gasteiger partial charge on any atom is 0.101 e. The molecule has 2 aliphatic heterocycles. The number of ether oxygens (including phenoxy) is 1. The maximum atomic E-state index is 5.43. The summed E-state index contributed by atoms with van der Waals surface area (Å²) in [4.78, 5) is 6.66. The Kier molecular flexibility index (Phi) is 2.04. The van der Waals surface area contributed by atoms with Crippen LogP contribution in [0.25, 0.3) is 0 Å². The number of hydrogen-bond acceptors (Lipinski definition) is 3. The summed E-state index contributed by atoms with van der Waals surface area (Å²) < 4.78 is 5.43. The predicted molar refractivity (Wildman–Crippen MR) is 57.6 cm³/mol. The van der Waals surface area contributed by atoms with Crippen molar-refractivity contribution in [3.05, 3.63) is 29.6 Å². The Bertz CT molecular complexity index is 374. The standard InChI is InChI=1S/C12H16N2O/c1-12(9-15-12)8-14-5-3-10-2-4-13-6-11(10)7-14/h2,4,6H,3,5,7-9H2,1H3/t12-/m0/s1. The van der Waals surface area contributed by atoms with Crippen LogP contribution in [0.2, 0.25) is 0 Å². The Balaban J connectivity index is 1.72. The van der Waals surface area contributed by atoms with Crippen molar-refractivity contribution >= 4 is 0 Å². The zero-order chi connectivity index (χ0) is 10.3. The van der Waals surface area contributed by atoms with E-state index >= 15 is 0 Å². The number of pyridine rings is 1. The number of rotatable bonds is 2. The van der Waals surface area contributed by atoms with Crippen molar-refractivity contribution in [1.29, 1.82) is 0 Å². The minimum Gasteiger partial charge on any atom is -0.369 e. The Hall–Kier alpha value is -0.930. The summed E-state index contributed by atoms with van der Waals surface area (Å²) in [7, 11) is 0. The summed E-state index contributed by atoms with van der Waals surface area (Å²) in [5.41, 5.74) is 2.98. The molecule has 0 spiro atoms. The third-order valence-corrected chi connectivity index (χ3v) is 3.29. The van der Waals surface area contributed by atoms with Crippen LogP contribution in [0.1, 0.15) is 18.1 Å². The first-order valence-corrected chi connectivity index (χ1v) is 5.53. The number of hydrogen-bond donors (Lipinski definition) is 0. The molecule has 80 valence electrons. The van der Waals surface area contributed by atoms with Crippen molar-refractivity contribution in [2.45, 2.75) is 25.5 Å². The van der Waals surface area contributed by atoms with Gasteiger partial charge >= 0.3 is 0 Å². The summed E-state index contributed by atoms with van der Waals surface area (Å²) in [5, 5.41) is 0. The Morgan fingerprint density at radius 3 is 3.20 bits per heavy atom. The van der Waals surface area contributed by atoms with Crippen molar-refractivity contribution < 1.29 is 4.74 Å². The highest BCUT2D eigenvalue weighted by Gasteiger charge is 2.41. The molecule has 1 fully saturated rings. The lowest BCUT2D eigenvalue weighted by molar-refractivity contribution is 0.183. The molecule has 0 saturated carbocycles. The van der Waals surface area contributed by atoms with E-state index in [4.69, 9.17) is 4.74 Å². The Morgan fingerprint density at radius 1 is 1.53 bits per heavy atom. The highest BCUT2D eigenvalue weighted by atomic mass is 16.6. The second kappa shape index (κ2) is 3.29. The van der Waals surface area contributed by atoms with Crippen LogP contribution in [-0.4, -0.2) is 35.2 Å². The van der Waals surface area contributed by atoms with E-state index < -0.39 is 0 Å². The van der Waals surface area contributed by atoms with Gasteiger partial charge in [-0.3, -0.25) is 9.88 Å². The number of fused-ring (bicyclic) bond motifs is 1. The first-order chi connectivity index (χ1) is 7.25. The molecule has 1 saturated heterocycles. The molecule has 3 heterocycles. The van der Waals surface area contributed by atoms with Crippen molar-refractivity contribution in [2.75, 3.05) is 19.7 Å². The summed E-state index contributed by atoms with van der Waals surface area (Å²) in [6, 6.07) is 2.14. The van der Waals surface area contributed by atoms with Crippen LogP contribution in [0.15, 0.2) is 18.5 Å². The van der Waals surface area contributed by atoms with E-state index in [1.165, 1.54) is 11.1 Å². The van der Waals surface area contributed by atoms with E-state index in [2.05, 4.69) is 22.9 Å².